The van der Waals surface area contributed by atoms with Crippen molar-refractivity contribution in [2.24, 2.45) is 0 Å². The quantitative estimate of drug-likeness (QED) is 0.869. The molecule has 94 valence electrons. The molecule has 3 nitrogen and oxygen atoms in total. The fraction of sp³-hybridized carbons (Fsp3) is 0.500. The molecular formula is C14H16FN3. The molecular weight excluding hydrogens is 229 g/mol. The van der Waals surface area contributed by atoms with Crippen LogP contribution < -0.4 is 5.32 Å². The Labute approximate surface area is 106 Å². The molecule has 2 heterocycles. The van der Waals surface area contributed by atoms with Gasteiger partial charge in [-0.3, -0.25) is 4.90 Å². The van der Waals surface area contributed by atoms with Crippen LogP contribution in [0.3, 0.4) is 0 Å². The molecule has 2 aliphatic heterocycles. The largest absolute Gasteiger partial charge is 0.364 e. The maximum Gasteiger partial charge on any atom is 0.146 e. The van der Waals surface area contributed by atoms with E-state index in [1.807, 2.05) is 0 Å². The van der Waals surface area contributed by atoms with Crippen LogP contribution in [0.15, 0.2) is 24.3 Å². The Morgan fingerprint density at radius 1 is 1.39 bits per heavy atom. The van der Waals surface area contributed by atoms with Crippen LogP contribution in [-0.2, 0) is 0 Å². The molecule has 1 aromatic carbocycles. The summed E-state index contributed by atoms with van der Waals surface area (Å²) in [5.41, 5.74) is -0.189. The highest BCUT2D eigenvalue weighted by atomic mass is 19.1. The summed E-state index contributed by atoms with van der Waals surface area (Å²) in [7, 11) is 0. The van der Waals surface area contributed by atoms with Crippen molar-refractivity contribution in [1.82, 2.24) is 4.90 Å². The summed E-state index contributed by atoms with van der Waals surface area (Å²) in [5, 5.41) is 12.7. The minimum absolute atomic E-state index is 0.224. The maximum absolute atomic E-state index is 13.7. The lowest BCUT2D eigenvalue weighted by molar-refractivity contribution is 0.301. The van der Waals surface area contributed by atoms with Gasteiger partial charge >= 0.3 is 0 Å². The van der Waals surface area contributed by atoms with E-state index in [2.05, 4.69) is 16.3 Å². The predicted octanol–water partition coefficient (Wildman–Crippen LogP) is 2.37. The molecule has 2 atom stereocenters. The molecule has 18 heavy (non-hydrogen) atoms. The number of nitrogens with one attached hydrogen (secondary N) is 1. The molecule has 2 unspecified atom stereocenters. The second-order valence-corrected chi connectivity index (χ2v) is 5.13. The minimum atomic E-state index is -0.626. The number of hydrogen-bond acceptors (Lipinski definition) is 3. The summed E-state index contributed by atoms with van der Waals surface area (Å²) < 4.78 is 13.7. The van der Waals surface area contributed by atoms with Gasteiger partial charge in [-0.05, 0) is 37.9 Å². The van der Waals surface area contributed by atoms with Crippen LogP contribution >= 0.6 is 0 Å². The van der Waals surface area contributed by atoms with Gasteiger partial charge in [0.2, 0.25) is 0 Å². The molecule has 0 aromatic heterocycles. The van der Waals surface area contributed by atoms with Crippen LogP contribution in [0.5, 0.6) is 0 Å². The van der Waals surface area contributed by atoms with Gasteiger partial charge in [0.1, 0.15) is 11.4 Å². The third kappa shape index (κ3) is 1.67. The molecule has 1 aromatic rings. The molecule has 4 heteroatoms. The van der Waals surface area contributed by atoms with Crippen LogP contribution in [0.4, 0.5) is 10.1 Å². The van der Waals surface area contributed by atoms with Crippen LogP contribution in [0.1, 0.15) is 19.3 Å². The first kappa shape index (κ1) is 11.5. The van der Waals surface area contributed by atoms with Crippen molar-refractivity contribution in [3.05, 3.63) is 30.1 Å². The molecule has 1 N–H and O–H groups in total. The van der Waals surface area contributed by atoms with Gasteiger partial charge in [-0.25, -0.2) is 4.39 Å². The van der Waals surface area contributed by atoms with Gasteiger partial charge in [-0.15, -0.1) is 0 Å². The molecule has 2 fully saturated rings. The number of nitriles is 1. The van der Waals surface area contributed by atoms with Gasteiger partial charge < -0.3 is 5.32 Å². The van der Waals surface area contributed by atoms with Crippen molar-refractivity contribution >= 4 is 5.69 Å². The highest BCUT2D eigenvalue weighted by Gasteiger charge is 2.49. The molecule has 0 spiro atoms. The van der Waals surface area contributed by atoms with Crippen molar-refractivity contribution in [3.63, 3.8) is 0 Å². The monoisotopic (exact) mass is 245 g/mol. The Hall–Kier alpha value is -1.60. The molecule has 0 radical (unpaired) electrons. The van der Waals surface area contributed by atoms with Gasteiger partial charge in [0, 0.05) is 12.6 Å². The standard InChI is InChI=1S/C14H16FN3/c15-11-4-1-2-5-12(11)17-14(10-16)7-9-18-8-3-6-13(14)18/h1-2,4-5,13,17H,3,6-9H2. The molecule has 0 amide bonds. The second-order valence-electron chi connectivity index (χ2n) is 5.13. The molecule has 0 saturated carbocycles. The van der Waals surface area contributed by atoms with Gasteiger partial charge in [0.15, 0.2) is 0 Å². The molecule has 0 bridgehead atoms. The van der Waals surface area contributed by atoms with E-state index >= 15 is 0 Å². The second kappa shape index (κ2) is 4.25. The highest BCUT2D eigenvalue weighted by molar-refractivity contribution is 5.50. The summed E-state index contributed by atoms with van der Waals surface area (Å²) in [5.74, 6) is -0.288. The number of hydrogen-bond donors (Lipinski definition) is 1. The lowest BCUT2D eigenvalue weighted by Crippen LogP contribution is -2.46. The first-order valence-electron chi connectivity index (χ1n) is 6.43. The number of fused-ring (bicyclic) bond motifs is 1. The zero-order valence-electron chi connectivity index (χ0n) is 10.2. The summed E-state index contributed by atoms with van der Waals surface area (Å²) >= 11 is 0. The SMILES string of the molecule is N#CC1(Nc2ccccc2F)CCN2CCCC21. The zero-order valence-corrected chi connectivity index (χ0v) is 10.2. The summed E-state index contributed by atoms with van der Waals surface area (Å²) in [6.07, 6.45) is 2.92. The lowest BCUT2D eigenvalue weighted by atomic mass is 9.90. The Morgan fingerprint density at radius 2 is 2.22 bits per heavy atom. The van der Waals surface area contributed by atoms with Crippen LogP contribution in [-0.4, -0.2) is 29.6 Å². The van der Waals surface area contributed by atoms with Crippen LogP contribution in [0.2, 0.25) is 0 Å². The van der Waals surface area contributed by atoms with E-state index in [-0.39, 0.29) is 11.9 Å². The number of anilines is 1. The Kier molecular flexibility index (Phi) is 2.71. The van der Waals surface area contributed by atoms with Crippen molar-refractivity contribution in [1.29, 1.82) is 5.26 Å². The Bertz CT molecular complexity index is 496. The van der Waals surface area contributed by atoms with E-state index in [9.17, 15) is 9.65 Å². The summed E-state index contributed by atoms with van der Waals surface area (Å²) in [6, 6.07) is 9.21. The third-order valence-electron chi connectivity index (χ3n) is 4.16. The lowest BCUT2D eigenvalue weighted by Gasteiger charge is -2.30. The summed E-state index contributed by atoms with van der Waals surface area (Å²) in [4.78, 5) is 2.34. The fourth-order valence-electron chi connectivity index (χ4n) is 3.25. The van der Waals surface area contributed by atoms with Crippen molar-refractivity contribution in [2.75, 3.05) is 18.4 Å². The molecule has 2 aliphatic rings. The average molecular weight is 245 g/mol. The number of halogens is 1. The summed E-state index contributed by atoms with van der Waals surface area (Å²) in [6.45, 7) is 1.99. The van der Waals surface area contributed by atoms with E-state index < -0.39 is 5.54 Å². The van der Waals surface area contributed by atoms with E-state index in [1.165, 1.54) is 6.07 Å². The van der Waals surface area contributed by atoms with Gasteiger partial charge in [0.25, 0.3) is 0 Å². The fourth-order valence-corrected chi connectivity index (χ4v) is 3.25. The van der Waals surface area contributed by atoms with E-state index in [0.717, 1.165) is 32.4 Å². The van der Waals surface area contributed by atoms with Gasteiger partial charge in [-0.1, -0.05) is 12.1 Å². The normalized spacial score (nSPS) is 31.0. The van der Waals surface area contributed by atoms with Crippen LogP contribution in [0, 0.1) is 17.1 Å². The molecule has 2 saturated heterocycles. The first-order valence-corrected chi connectivity index (χ1v) is 6.43. The number of rotatable bonds is 2. The number of para-hydroxylation sites is 1. The topological polar surface area (TPSA) is 39.1 Å². The smallest absolute Gasteiger partial charge is 0.146 e. The Morgan fingerprint density at radius 3 is 3.00 bits per heavy atom. The Balaban J connectivity index is 1.90. The van der Waals surface area contributed by atoms with Gasteiger partial charge in [-0.2, -0.15) is 5.26 Å². The number of nitrogens with zero attached hydrogens (tertiary/aromatic N) is 2. The predicted molar refractivity (Wildman–Crippen MR) is 67.6 cm³/mol. The molecule has 0 aliphatic carbocycles. The van der Waals surface area contributed by atoms with Crippen LogP contribution in [0.25, 0.3) is 0 Å². The van der Waals surface area contributed by atoms with E-state index in [0.29, 0.717) is 5.69 Å². The van der Waals surface area contributed by atoms with E-state index in [1.54, 1.807) is 18.2 Å². The maximum atomic E-state index is 13.7. The molecule has 3 rings (SSSR count). The van der Waals surface area contributed by atoms with Crippen molar-refractivity contribution in [3.8, 4) is 6.07 Å². The van der Waals surface area contributed by atoms with Gasteiger partial charge in [0.05, 0.1) is 11.8 Å². The minimum Gasteiger partial charge on any atom is -0.364 e. The van der Waals surface area contributed by atoms with Crippen molar-refractivity contribution < 1.29 is 4.39 Å². The zero-order chi connectivity index (χ0) is 12.6. The van der Waals surface area contributed by atoms with Crippen molar-refractivity contribution in [2.45, 2.75) is 30.8 Å². The third-order valence-corrected chi connectivity index (χ3v) is 4.16. The van der Waals surface area contributed by atoms with E-state index in [4.69, 9.17) is 0 Å². The number of benzene rings is 1. The first-order chi connectivity index (χ1) is 8.75. The highest BCUT2D eigenvalue weighted by Crippen LogP contribution is 2.38. The average Bonchev–Trinajstić information content (AvgIpc) is 2.96.